The molecule has 0 aliphatic heterocycles. The van der Waals surface area contributed by atoms with Crippen LogP contribution in [0.5, 0.6) is 0 Å². The molecule has 21 heavy (non-hydrogen) atoms. The molecule has 0 radical (unpaired) electrons. The zero-order chi connectivity index (χ0) is 14.7. The quantitative estimate of drug-likeness (QED) is 0.793. The van der Waals surface area contributed by atoms with Crippen molar-refractivity contribution in [3.63, 3.8) is 0 Å². The molecule has 2 bridgehead atoms. The van der Waals surface area contributed by atoms with E-state index in [-0.39, 0.29) is 0 Å². The van der Waals surface area contributed by atoms with Crippen molar-refractivity contribution in [1.82, 2.24) is 15.1 Å². The average molecular weight is 289 g/mol. The van der Waals surface area contributed by atoms with Gasteiger partial charge in [-0.05, 0) is 74.8 Å². The van der Waals surface area contributed by atoms with Crippen molar-refractivity contribution in [2.75, 3.05) is 6.54 Å². The van der Waals surface area contributed by atoms with Crippen LogP contribution in [0, 0.1) is 17.8 Å². The summed E-state index contributed by atoms with van der Waals surface area (Å²) < 4.78 is 1.92. The first-order valence-electron chi connectivity index (χ1n) is 8.95. The van der Waals surface area contributed by atoms with E-state index in [2.05, 4.69) is 23.5 Å². The number of nitrogens with one attached hydrogen (secondary N) is 1. The van der Waals surface area contributed by atoms with Crippen LogP contribution in [0.4, 0.5) is 0 Å². The van der Waals surface area contributed by atoms with Crippen molar-refractivity contribution in [1.29, 1.82) is 0 Å². The van der Waals surface area contributed by atoms with E-state index >= 15 is 0 Å². The minimum absolute atomic E-state index is 0.703. The van der Waals surface area contributed by atoms with E-state index in [1.807, 2.05) is 17.9 Å². The smallest absolute Gasteiger partial charge is 0.0521 e. The molecule has 2 aliphatic carbocycles. The Bertz CT molecular complexity index is 439. The molecule has 2 fully saturated rings. The molecule has 1 N–H and O–H groups in total. The van der Waals surface area contributed by atoms with Gasteiger partial charge in [-0.3, -0.25) is 4.68 Å². The van der Waals surface area contributed by atoms with E-state index in [4.69, 9.17) is 0 Å². The maximum Gasteiger partial charge on any atom is 0.0521 e. The standard InChI is InChI=1S/C18H31N3/c1-3-8-19-18(7-5-15-12-20-21(2)13-15)11-17-10-14-4-6-16(17)9-14/h12-14,16-19H,3-11H2,1-2H3. The first kappa shape index (κ1) is 15.1. The maximum atomic E-state index is 4.29. The zero-order valence-corrected chi connectivity index (χ0v) is 13.7. The highest BCUT2D eigenvalue weighted by molar-refractivity contribution is 5.04. The van der Waals surface area contributed by atoms with Crippen LogP contribution >= 0.6 is 0 Å². The molecule has 0 aromatic carbocycles. The predicted molar refractivity (Wildman–Crippen MR) is 87.2 cm³/mol. The van der Waals surface area contributed by atoms with Crippen LogP contribution < -0.4 is 5.32 Å². The van der Waals surface area contributed by atoms with E-state index in [0.717, 1.165) is 24.2 Å². The van der Waals surface area contributed by atoms with Crippen LogP contribution in [-0.2, 0) is 13.5 Å². The molecule has 2 aliphatic rings. The minimum atomic E-state index is 0.703. The van der Waals surface area contributed by atoms with Gasteiger partial charge >= 0.3 is 0 Å². The average Bonchev–Trinajstić information content (AvgIpc) is 3.18. The summed E-state index contributed by atoms with van der Waals surface area (Å²) in [4.78, 5) is 0. The lowest BCUT2D eigenvalue weighted by atomic mass is 9.83. The van der Waals surface area contributed by atoms with Crippen LogP contribution in [0.3, 0.4) is 0 Å². The molecule has 1 aromatic rings. The molecule has 3 rings (SSSR count). The summed E-state index contributed by atoms with van der Waals surface area (Å²) in [6, 6.07) is 0.703. The first-order chi connectivity index (χ1) is 10.2. The Kier molecular flexibility index (Phi) is 4.99. The Balaban J connectivity index is 1.50. The molecule has 4 unspecified atom stereocenters. The van der Waals surface area contributed by atoms with Crippen molar-refractivity contribution in [2.24, 2.45) is 24.8 Å². The summed E-state index contributed by atoms with van der Waals surface area (Å²) in [5.74, 6) is 3.14. The third-order valence-electron chi connectivity index (χ3n) is 5.69. The van der Waals surface area contributed by atoms with Gasteiger partial charge in [-0.1, -0.05) is 13.3 Å². The zero-order valence-electron chi connectivity index (χ0n) is 13.7. The molecule has 2 saturated carbocycles. The monoisotopic (exact) mass is 289 g/mol. The van der Waals surface area contributed by atoms with Gasteiger partial charge < -0.3 is 5.32 Å². The van der Waals surface area contributed by atoms with Crippen molar-refractivity contribution >= 4 is 0 Å². The highest BCUT2D eigenvalue weighted by Crippen LogP contribution is 2.50. The predicted octanol–water partition coefficient (Wildman–Crippen LogP) is 3.55. The highest BCUT2D eigenvalue weighted by atomic mass is 15.2. The lowest BCUT2D eigenvalue weighted by Gasteiger charge is -2.27. The summed E-state index contributed by atoms with van der Waals surface area (Å²) >= 11 is 0. The molecule has 0 saturated heterocycles. The summed E-state index contributed by atoms with van der Waals surface area (Å²) in [6.07, 6.45) is 15.3. The summed E-state index contributed by atoms with van der Waals surface area (Å²) in [7, 11) is 2.01. The largest absolute Gasteiger partial charge is 0.314 e. The molecular weight excluding hydrogens is 258 g/mol. The lowest BCUT2D eigenvalue weighted by molar-refractivity contribution is 0.271. The van der Waals surface area contributed by atoms with Gasteiger partial charge in [0.05, 0.1) is 6.20 Å². The number of hydrogen-bond donors (Lipinski definition) is 1. The molecule has 0 spiro atoms. The Morgan fingerprint density at radius 2 is 2.29 bits per heavy atom. The fourth-order valence-electron chi connectivity index (χ4n) is 4.62. The molecule has 3 heteroatoms. The number of fused-ring (bicyclic) bond motifs is 2. The van der Waals surface area contributed by atoms with Crippen molar-refractivity contribution in [3.05, 3.63) is 18.0 Å². The second kappa shape index (κ2) is 6.95. The summed E-state index contributed by atoms with van der Waals surface area (Å²) in [5, 5.41) is 8.09. The molecule has 1 heterocycles. The lowest BCUT2D eigenvalue weighted by Crippen LogP contribution is -2.33. The summed E-state index contributed by atoms with van der Waals surface area (Å²) in [6.45, 7) is 3.43. The van der Waals surface area contributed by atoms with Gasteiger partial charge in [0.25, 0.3) is 0 Å². The maximum absolute atomic E-state index is 4.29. The molecule has 118 valence electrons. The Labute approximate surface area is 129 Å². The van der Waals surface area contributed by atoms with Gasteiger partial charge in [0.15, 0.2) is 0 Å². The third-order valence-corrected chi connectivity index (χ3v) is 5.69. The van der Waals surface area contributed by atoms with Crippen LogP contribution in [0.15, 0.2) is 12.4 Å². The molecule has 0 amide bonds. The van der Waals surface area contributed by atoms with Crippen LogP contribution in [0.25, 0.3) is 0 Å². The van der Waals surface area contributed by atoms with E-state index < -0.39 is 0 Å². The second-order valence-corrected chi connectivity index (χ2v) is 7.38. The van der Waals surface area contributed by atoms with Crippen LogP contribution in [0.2, 0.25) is 0 Å². The third kappa shape index (κ3) is 3.88. The normalized spacial score (nSPS) is 29.1. The van der Waals surface area contributed by atoms with Gasteiger partial charge in [-0.25, -0.2) is 0 Å². The number of aromatic nitrogens is 2. The fourth-order valence-corrected chi connectivity index (χ4v) is 4.62. The Hall–Kier alpha value is -0.830. The summed E-state index contributed by atoms with van der Waals surface area (Å²) in [5.41, 5.74) is 1.38. The van der Waals surface area contributed by atoms with Gasteiger partial charge in [-0.2, -0.15) is 5.10 Å². The molecule has 3 nitrogen and oxygen atoms in total. The molecule has 1 aromatic heterocycles. The molecular formula is C18H31N3. The van der Waals surface area contributed by atoms with Crippen molar-refractivity contribution in [2.45, 2.75) is 64.3 Å². The van der Waals surface area contributed by atoms with Crippen LogP contribution in [-0.4, -0.2) is 22.4 Å². The van der Waals surface area contributed by atoms with Crippen LogP contribution in [0.1, 0.15) is 57.4 Å². The van der Waals surface area contributed by atoms with E-state index in [1.54, 1.807) is 0 Å². The molecule has 4 atom stereocenters. The van der Waals surface area contributed by atoms with Gasteiger partial charge in [0.1, 0.15) is 0 Å². The van der Waals surface area contributed by atoms with E-state index in [9.17, 15) is 0 Å². The van der Waals surface area contributed by atoms with Gasteiger partial charge in [-0.15, -0.1) is 0 Å². The van der Waals surface area contributed by atoms with Gasteiger partial charge in [0, 0.05) is 19.3 Å². The SMILES string of the molecule is CCCNC(CCc1cnn(C)c1)CC1CC2CCC1C2. The number of aryl methyl sites for hydroxylation is 2. The number of hydrogen-bond acceptors (Lipinski definition) is 2. The fraction of sp³-hybridized carbons (Fsp3) is 0.833. The topological polar surface area (TPSA) is 29.9 Å². The highest BCUT2D eigenvalue weighted by Gasteiger charge is 2.39. The van der Waals surface area contributed by atoms with E-state index in [1.165, 1.54) is 57.1 Å². The second-order valence-electron chi connectivity index (χ2n) is 7.38. The Morgan fingerprint density at radius 3 is 2.90 bits per heavy atom. The van der Waals surface area contributed by atoms with E-state index in [0.29, 0.717) is 6.04 Å². The number of nitrogens with zero attached hydrogens (tertiary/aromatic N) is 2. The first-order valence-corrected chi connectivity index (χ1v) is 8.95. The van der Waals surface area contributed by atoms with Gasteiger partial charge in [0.2, 0.25) is 0 Å². The van der Waals surface area contributed by atoms with Crippen molar-refractivity contribution < 1.29 is 0 Å². The minimum Gasteiger partial charge on any atom is -0.314 e. The Morgan fingerprint density at radius 1 is 1.38 bits per heavy atom. The number of rotatable bonds is 8. The van der Waals surface area contributed by atoms with Crippen molar-refractivity contribution in [3.8, 4) is 0 Å².